The quantitative estimate of drug-likeness (QED) is 0.891. The second-order valence-corrected chi connectivity index (χ2v) is 3.96. The van der Waals surface area contributed by atoms with Gasteiger partial charge in [-0.1, -0.05) is 12.1 Å². The van der Waals surface area contributed by atoms with E-state index in [1.54, 1.807) is 12.1 Å². The maximum Gasteiger partial charge on any atom is 0.160 e. The molecule has 0 bridgehead atoms. The zero-order valence-electron chi connectivity index (χ0n) is 10.3. The summed E-state index contributed by atoms with van der Waals surface area (Å²) >= 11 is 0. The molecule has 0 amide bonds. The Hall–Kier alpha value is -2.30. The van der Waals surface area contributed by atoms with Crippen LogP contribution in [-0.4, -0.2) is 12.2 Å². The molecule has 0 atom stereocenters. The zero-order valence-corrected chi connectivity index (χ0v) is 10.3. The summed E-state index contributed by atoms with van der Waals surface area (Å²) in [4.78, 5) is 0. The van der Waals surface area contributed by atoms with Crippen molar-refractivity contribution in [2.75, 3.05) is 12.4 Å². The molecule has 0 fully saturated rings. The van der Waals surface area contributed by atoms with Crippen LogP contribution in [0.25, 0.3) is 0 Å². The summed E-state index contributed by atoms with van der Waals surface area (Å²) in [5.41, 5.74) is 0.499. The third kappa shape index (κ3) is 2.93. The van der Waals surface area contributed by atoms with E-state index in [1.807, 2.05) is 0 Å². The molecule has 0 aliphatic heterocycles. The molecule has 0 unspecified atom stereocenters. The number of phenolic OH excluding ortho intramolecular Hbond substituents is 1. The highest BCUT2D eigenvalue weighted by Crippen LogP contribution is 2.27. The summed E-state index contributed by atoms with van der Waals surface area (Å²) in [6.45, 7) is 0.190. The maximum atomic E-state index is 13.4. The van der Waals surface area contributed by atoms with Crippen LogP contribution in [0.5, 0.6) is 11.5 Å². The lowest BCUT2D eigenvalue weighted by atomic mass is 10.2. The van der Waals surface area contributed by atoms with Gasteiger partial charge in [-0.05, 0) is 29.8 Å². The van der Waals surface area contributed by atoms with E-state index >= 15 is 0 Å². The van der Waals surface area contributed by atoms with Gasteiger partial charge in [-0.25, -0.2) is 8.78 Å². The number of hydrogen-bond donors (Lipinski definition) is 2. The Morgan fingerprint density at radius 3 is 2.42 bits per heavy atom. The van der Waals surface area contributed by atoms with Crippen LogP contribution in [0.4, 0.5) is 14.5 Å². The first-order valence-electron chi connectivity index (χ1n) is 5.65. The van der Waals surface area contributed by atoms with E-state index < -0.39 is 11.6 Å². The summed E-state index contributed by atoms with van der Waals surface area (Å²) in [6, 6.07) is 8.42. The first-order chi connectivity index (χ1) is 9.11. The fourth-order valence-corrected chi connectivity index (χ4v) is 1.70. The summed E-state index contributed by atoms with van der Waals surface area (Å²) < 4.78 is 31.7. The van der Waals surface area contributed by atoms with Crippen LogP contribution in [0.15, 0.2) is 36.4 Å². The van der Waals surface area contributed by atoms with Crippen LogP contribution in [0.3, 0.4) is 0 Å². The average molecular weight is 265 g/mol. The van der Waals surface area contributed by atoms with Gasteiger partial charge in [-0.2, -0.15) is 0 Å². The van der Waals surface area contributed by atoms with Gasteiger partial charge in [0.1, 0.15) is 17.3 Å². The van der Waals surface area contributed by atoms with Crippen molar-refractivity contribution in [2.45, 2.75) is 6.54 Å². The number of methoxy groups -OCH3 is 1. The molecule has 0 aromatic heterocycles. The highest BCUT2D eigenvalue weighted by molar-refractivity contribution is 5.48. The van der Waals surface area contributed by atoms with Gasteiger partial charge < -0.3 is 15.2 Å². The number of benzene rings is 2. The van der Waals surface area contributed by atoms with Gasteiger partial charge >= 0.3 is 0 Å². The summed E-state index contributed by atoms with van der Waals surface area (Å²) in [6.07, 6.45) is 0. The predicted octanol–water partition coefficient (Wildman–Crippen LogP) is 3.29. The Bertz CT molecular complexity index is 567. The molecule has 2 N–H and O–H groups in total. The average Bonchev–Trinajstić information content (AvgIpc) is 2.38. The monoisotopic (exact) mass is 265 g/mol. The second-order valence-electron chi connectivity index (χ2n) is 3.96. The molecule has 0 saturated carbocycles. The van der Waals surface area contributed by atoms with E-state index in [4.69, 9.17) is 4.74 Å². The van der Waals surface area contributed by atoms with E-state index in [-0.39, 0.29) is 18.0 Å². The topological polar surface area (TPSA) is 41.5 Å². The molecule has 5 heteroatoms. The normalized spacial score (nSPS) is 10.3. The molecule has 3 nitrogen and oxygen atoms in total. The van der Waals surface area contributed by atoms with Gasteiger partial charge in [0.2, 0.25) is 0 Å². The van der Waals surface area contributed by atoms with Gasteiger partial charge in [0, 0.05) is 6.54 Å². The molecule has 0 saturated heterocycles. The minimum Gasteiger partial charge on any atom is -0.504 e. The summed E-state index contributed by atoms with van der Waals surface area (Å²) in [7, 11) is 1.45. The Morgan fingerprint density at radius 2 is 1.84 bits per heavy atom. The first kappa shape index (κ1) is 13.1. The van der Waals surface area contributed by atoms with Crippen molar-refractivity contribution in [1.29, 1.82) is 0 Å². The lowest BCUT2D eigenvalue weighted by molar-refractivity contribution is 0.373. The van der Waals surface area contributed by atoms with Crippen LogP contribution < -0.4 is 10.1 Å². The number of halogens is 2. The number of para-hydroxylation sites is 1. The number of nitrogens with one attached hydrogen (secondary N) is 1. The van der Waals surface area contributed by atoms with Crippen molar-refractivity contribution in [3.8, 4) is 11.5 Å². The molecule has 19 heavy (non-hydrogen) atoms. The molecule has 2 rings (SSSR count). The Kier molecular flexibility index (Phi) is 3.85. The van der Waals surface area contributed by atoms with Crippen LogP contribution in [0, 0.1) is 11.6 Å². The molecule has 2 aromatic rings. The van der Waals surface area contributed by atoms with Crippen LogP contribution >= 0.6 is 0 Å². The third-order valence-corrected chi connectivity index (χ3v) is 2.68. The van der Waals surface area contributed by atoms with Crippen LogP contribution in [-0.2, 0) is 6.54 Å². The third-order valence-electron chi connectivity index (χ3n) is 2.68. The van der Waals surface area contributed by atoms with E-state index in [2.05, 4.69) is 5.32 Å². The molecule has 0 heterocycles. The number of ether oxygens (including phenoxy) is 1. The van der Waals surface area contributed by atoms with Gasteiger partial charge in [0.25, 0.3) is 0 Å². The predicted molar refractivity (Wildman–Crippen MR) is 68.3 cm³/mol. The molecule has 0 aliphatic rings. The maximum absolute atomic E-state index is 13.4. The highest BCUT2D eigenvalue weighted by Gasteiger charge is 2.08. The van der Waals surface area contributed by atoms with Crippen molar-refractivity contribution in [2.24, 2.45) is 0 Å². The van der Waals surface area contributed by atoms with Gasteiger partial charge in [0.15, 0.2) is 11.5 Å². The standard InChI is InChI=1S/C14H13F2NO2/c1-19-13-6-5-9(7-12(13)18)8-17-14-10(15)3-2-4-11(14)16/h2-7,17-18H,8H2,1H3. The fourth-order valence-electron chi connectivity index (χ4n) is 1.70. The van der Waals surface area contributed by atoms with E-state index in [9.17, 15) is 13.9 Å². The lowest BCUT2D eigenvalue weighted by Crippen LogP contribution is -2.03. The molecule has 0 aliphatic carbocycles. The lowest BCUT2D eigenvalue weighted by Gasteiger charge is -2.10. The van der Waals surface area contributed by atoms with Crippen molar-refractivity contribution in [3.63, 3.8) is 0 Å². The number of rotatable bonds is 4. The van der Waals surface area contributed by atoms with Gasteiger partial charge in [0.05, 0.1) is 7.11 Å². The van der Waals surface area contributed by atoms with Crippen LogP contribution in [0.1, 0.15) is 5.56 Å². The fraction of sp³-hybridized carbons (Fsp3) is 0.143. The largest absolute Gasteiger partial charge is 0.504 e. The molecule has 0 spiro atoms. The second kappa shape index (κ2) is 5.56. The Balaban J connectivity index is 2.13. The minimum atomic E-state index is -0.655. The van der Waals surface area contributed by atoms with Crippen molar-refractivity contribution < 1.29 is 18.6 Å². The SMILES string of the molecule is COc1ccc(CNc2c(F)cccc2F)cc1O. The summed E-state index contributed by atoms with van der Waals surface area (Å²) in [5.74, 6) is -0.980. The molecule has 2 aromatic carbocycles. The highest BCUT2D eigenvalue weighted by atomic mass is 19.1. The zero-order chi connectivity index (χ0) is 13.8. The number of aromatic hydroxyl groups is 1. The smallest absolute Gasteiger partial charge is 0.160 e. The van der Waals surface area contributed by atoms with Crippen LogP contribution in [0.2, 0.25) is 0 Å². The number of hydrogen-bond acceptors (Lipinski definition) is 3. The molecule has 100 valence electrons. The van der Waals surface area contributed by atoms with Crippen molar-refractivity contribution in [3.05, 3.63) is 53.6 Å². The van der Waals surface area contributed by atoms with Gasteiger partial charge in [-0.15, -0.1) is 0 Å². The first-order valence-corrected chi connectivity index (χ1v) is 5.65. The summed E-state index contributed by atoms with van der Waals surface area (Å²) in [5, 5.41) is 12.3. The Labute approximate surface area is 109 Å². The van der Waals surface area contributed by atoms with E-state index in [0.29, 0.717) is 11.3 Å². The van der Waals surface area contributed by atoms with Crippen molar-refractivity contribution in [1.82, 2.24) is 0 Å². The molecule has 0 radical (unpaired) electrons. The van der Waals surface area contributed by atoms with E-state index in [0.717, 1.165) is 0 Å². The molecular weight excluding hydrogens is 252 g/mol. The van der Waals surface area contributed by atoms with Crippen molar-refractivity contribution >= 4 is 5.69 Å². The number of phenols is 1. The van der Waals surface area contributed by atoms with Gasteiger partial charge in [-0.3, -0.25) is 0 Å². The van der Waals surface area contributed by atoms with E-state index in [1.165, 1.54) is 31.4 Å². The Morgan fingerprint density at radius 1 is 1.16 bits per heavy atom. The molecular formula is C14H13F2NO2. The number of anilines is 1. The minimum absolute atomic E-state index is 0.0178.